The fourth-order valence-corrected chi connectivity index (χ4v) is 7.35. The number of carbonyl (C=O) groups excluding carboxylic acids is 1. The number of unbranched alkanes of at least 4 members (excludes halogenated alkanes) is 1. The Hall–Kier alpha value is -2.48. The zero-order valence-corrected chi connectivity index (χ0v) is 23.5. The molecular formula is C31H35Cl2NO3. The number of nitrogens with zero attached hydrogens (tertiary/aromatic N) is 1. The number of halogens is 2. The third kappa shape index (κ3) is 5.01. The maximum absolute atomic E-state index is 14.1. The monoisotopic (exact) mass is 539 g/mol. The highest BCUT2D eigenvalue weighted by atomic mass is 35.5. The second kappa shape index (κ2) is 10.7. The third-order valence-corrected chi connectivity index (χ3v) is 9.21. The number of hydrogen-bond acceptors (Lipinski definition) is 2. The summed E-state index contributed by atoms with van der Waals surface area (Å²) in [5.41, 5.74) is 1.51. The zero-order valence-electron chi connectivity index (χ0n) is 22.0. The molecule has 0 spiro atoms. The van der Waals surface area contributed by atoms with E-state index in [2.05, 4.69) is 18.8 Å². The summed E-state index contributed by atoms with van der Waals surface area (Å²) in [6.45, 7) is 8.81. The molecule has 2 aliphatic rings. The molecule has 6 heteroatoms. The number of benzene rings is 2. The van der Waals surface area contributed by atoms with E-state index in [4.69, 9.17) is 23.2 Å². The molecule has 0 bridgehead atoms. The lowest BCUT2D eigenvalue weighted by molar-refractivity contribution is -0.157. The second-order valence-corrected chi connectivity index (χ2v) is 12.0. The van der Waals surface area contributed by atoms with Crippen LogP contribution in [-0.2, 0) is 10.2 Å². The van der Waals surface area contributed by atoms with Gasteiger partial charge in [-0.2, -0.15) is 0 Å². The number of rotatable bonds is 5. The molecular weight excluding hydrogens is 505 g/mol. The predicted molar refractivity (Wildman–Crippen MR) is 149 cm³/mol. The Balaban J connectivity index is 1.75. The molecule has 1 aliphatic heterocycles. The molecule has 2 aromatic carbocycles. The molecule has 1 amide bonds. The van der Waals surface area contributed by atoms with E-state index in [1.165, 1.54) is 0 Å². The minimum absolute atomic E-state index is 0.0438. The molecule has 196 valence electrons. The van der Waals surface area contributed by atoms with Gasteiger partial charge in [0.05, 0.1) is 16.0 Å². The van der Waals surface area contributed by atoms with E-state index in [0.717, 1.165) is 29.5 Å². The Labute approximate surface area is 230 Å². The topological polar surface area (TPSA) is 57.6 Å². The number of carbonyl (C=O) groups is 2. The van der Waals surface area contributed by atoms with Gasteiger partial charge < -0.3 is 10.0 Å². The van der Waals surface area contributed by atoms with Crippen LogP contribution < -0.4 is 0 Å². The average Bonchev–Trinajstić information content (AvgIpc) is 2.93. The van der Waals surface area contributed by atoms with Crippen LogP contribution in [0, 0.1) is 23.2 Å². The minimum Gasteiger partial charge on any atom is -0.481 e. The summed E-state index contributed by atoms with van der Waals surface area (Å²) in [5, 5.41) is 11.3. The number of aliphatic carboxylic acids is 1. The van der Waals surface area contributed by atoms with Gasteiger partial charge in [0, 0.05) is 36.0 Å². The highest BCUT2D eigenvalue weighted by molar-refractivity contribution is 6.38. The van der Waals surface area contributed by atoms with Crippen molar-refractivity contribution in [3.8, 4) is 11.8 Å². The SMILES string of the molecule is CC(C)c1c(Cl)cc2c(c1Cl)C(=O)N(CCCC#Cc1ccccc1)C[C@H]1[C@](C)(C(=O)O)CCC[C@]21C. The summed E-state index contributed by atoms with van der Waals surface area (Å²) < 4.78 is 0. The molecule has 1 heterocycles. The van der Waals surface area contributed by atoms with Crippen LogP contribution in [0.2, 0.25) is 10.0 Å². The largest absolute Gasteiger partial charge is 0.481 e. The Kier molecular flexibility index (Phi) is 7.98. The van der Waals surface area contributed by atoms with Crippen LogP contribution in [0.25, 0.3) is 0 Å². The summed E-state index contributed by atoms with van der Waals surface area (Å²) in [6, 6.07) is 11.7. The maximum atomic E-state index is 14.1. The number of carboxylic acids is 1. The predicted octanol–water partition coefficient (Wildman–Crippen LogP) is 7.55. The highest BCUT2D eigenvalue weighted by Crippen LogP contribution is 2.56. The summed E-state index contributed by atoms with van der Waals surface area (Å²) >= 11 is 13.7. The molecule has 0 aromatic heterocycles. The van der Waals surface area contributed by atoms with E-state index in [0.29, 0.717) is 48.0 Å². The number of hydrogen-bond donors (Lipinski definition) is 1. The Bertz CT molecular complexity index is 1260. The lowest BCUT2D eigenvalue weighted by Crippen LogP contribution is -2.53. The molecule has 0 radical (unpaired) electrons. The average molecular weight is 541 g/mol. The highest BCUT2D eigenvalue weighted by Gasteiger charge is 2.57. The molecule has 1 saturated carbocycles. The quantitative estimate of drug-likeness (QED) is 0.315. The molecule has 1 fully saturated rings. The van der Waals surface area contributed by atoms with E-state index < -0.39 is 16.8 Å². The lowest BCUT2D eigenvalue weighted by atomic mass is 9.53. The Morgan fingerprint density at radius 2 is 1.89 bits per heavy atom. The molecule has 1 N–H and O–H groups in total. The van der Waals surface area contributed by atoms with Gasteiger partial charge in [0.25, 0.3) is 5.91 Å². The first-order valence-corrected chi connectivity index (χ1v) is 13.8. The van der Waals surface area contributed by atoms with Crippen molar-refractivity contribution in [2.45, 2.75) is 71.1 Å². The van der Waals surface area contributed by atoms with Gasteiger partial charge in [0.2, 0.25) is 0 Å². The van der Waals surface area contributed by atoms with E-state index in [9.17, 15) is 14.7 Å². The van der Waals surface area contributed by atoms with Gasteiger partial charge in [-0.3, -0.25) is 9.59 Å². The fraction of sp³-hybridized carbons (Fsp3) is 0.484. The fourth-order valence-electron chi connectivity index (χ4n) is 6.38. The van der Waals surface area contributed by atoms with Crippen molar-refractivity contribution in [1.29, 1.82) is 0 Å². The number of amides is 1. The van der Waals surface area contributed by atoms with Crippen molar-refractivity contribution < 1.29 is 14.7 Å². The molecule has 37 heavy (non-hydrogen) atoms. The van der Waals surface area contributed by atoms with Crippen LogP contribution in [0.4, 0.5) is 0 Å². The molecule has 0 saturated heterocycles. The molecule has 2 aromatic rings. The van der Waals surface area contributed by atoms with Crippen LogP contribution in [-0.4, -0.2) is 35.0 Å². The van der Waals surface area contributed by atoms with E-state index >= 15 is 0 Å². The van der Waals surface area contributed by atoms with Gasteiger partial charge in [0.1, 0.15) is 0 Å². The van der Waals surface area contributed by atoms with Crippen molar-refractivity contribution in [2.75, 3.05) is 13.1 Å². The second-order valence-electron chi connectivity index (χ2n) is 11.2. The van der Waals surface area contributed by atoms with E-state index in [1.54, 1.807) is 0 Å². The lowest BCUT2D eigenvalue weighted by Gasteiger charge is -2.50. The molecule has 3 atom stereocenters. The molecule has 1 aliphatic carbocycles. The first-order chi connectivity index (χ1) is 17.5. The molecule has 4 rings (SSSR count). The number of fused-ring (bicyclic) bond motifs is 3. The number of carboxylic acid groups (broad SMARTS) is 1. The summed E-state index contributed by atoms with van der Waals surface area (Å²) in [7, 11) is 0. The van der Waals surface area contributed by atoms with Crippen molar-refractivity contribution >= 4 is 35.1 Å². The van der Waals surface area contributed by atoms with Crippen molar-refractivity contribution in [2.24, 2.45) is 11.3 Å². The van der Waals surface area contributed by atoms with Crippen LogP contribution in [0.5, 0.6) is 0 Å². The van der Waals surface area contributed by atoms with Crippen molar-refractivity contribution in [1.82, 2.24) is 4.90 Å². The van der Waals surface area contributed by atoms with Crippen LogP contribution in [0.15, 0.2) is 36.4 Å². The van der Waals surface area contributed by atoms with Gasteiger partial charge in [-0.05, 0) is 66.8 Å². The summed E-state index contributed by atoms with van der Waals surface area (Å²) in [4.78, 5) is 28.5. The van der Waals surface area contributed by atoms with Crippen molar-refractivity contribution in [3.05, 3.63) is 68.7 Å². The Morgan fingerprint density at radius 1 is 1.19 bits per heavy atom. The van der Waals surface area contributed by atoms with Crippen LogP contribution >= 0.6 is 23.2 Å². The van der Waals surface area contributed by atoms with Crippen molar-refractivity contribution in [3.63, 3.8) is 0 Å². The Morgan fingerprint density at radius 3 is 2.54 bits per heavy atom. The first kappa shape index (κ1) is 27.6. The van der Waals surface area contributed by atoms with Gasteiger partial charge in [-0.1, -0.05) is 80.4 Å². The van der Waals surface area contributed by atoms with Gasteiger partial charge in [0.15, 0.2) is 0 Å². The van der Waals surface area contributed by atoms with Gasteiger partial charge in [-0.15, -0.1) is 0 Å². The smallest absolute Gasteiger partial charge is 0.309 e. The van der Waals surface area contributed by atoms with Gasteiger partial charge >= 0.3 is 5.97 Å². The third-order valence-electron chi connectivity index (χ3n) is 8.51. The summed E-state index contributed by atoms with van der Waals surface area (Å²) in [5.74, 6) is 5.19. The zero-order chi connectivity index (χ0) is 27.0. The van der Waals surface area contributed by atoms with E-state index in [1.807, 2.05) is 62.1 Å². The van der Waals surface area contributed by atoms with E-state index in [-0.39, 0.29) is 17.7 Å². The first-order valence-electron chi connectivity index (χ1n) is 13.1. The summed E-state index contributed by atoms with van der Waals surface area (Å²) in [6.07, 6.45) is 3.45. The van der Waals surface area contributed by atoms with Gasteiger partial charge in [-0.25, -0.2) is 0 Å². The van der Waals surface area contributed by atoms with Crippen LogP contribution in [0.1, 0.15) is 92.8 Å². The molecule has 0 unspecified atom stereocenters. The minimum atomic E-state index is -0.962. The maximum Gasteiger partial charge on any atom is 0.309 e. The normalized spacial score (nSPS) is 25.1. The van der Waals surface area contributed by atoms with Crippen LogP contribution in [0.3, 0.4) is 0 Å². The standard InChI is InChI=1S/C31H35Cl2NO3/c1-20(2)25-23(32)18-22-26(27(25)33)28(35)34(17-10-6-9-14-21-12-7-5-8-13-21)19-24-30(22,3)15-11-16-31(24,4)29(36)37/h5,7-8,12-13,18,20,24H,6,10-11,15-17,19H2,1-4H3,(H,36,37)/t24-,30-,31-/m1/s1. The molecule has 4 nitrogen and oxygen atoms in total.